The average Bonchev–Trinajstić information content (AvgIpc) is 3.78. The lowest BCUT2D eigenvalue weighted by atomic mass is 9.89. The number of fused-ring (bicyclic) bond motifs is 4. The molecule has 0 N–H and O–H groups in total. The molecule has 0 radical (unpaired) electrons. The molecule has 0 fully saturated rings. The molecule has 1 aromatic heterocycles. The molecule has 0 bridgehead atoms. The van der Waals surface area contributed by atoms with Crippen LogP contribution in [0.3, 0.4) is 0 Å². The van der Waals surface area contributed by atoms with Crippen molar-refractivity contribution in [1.29, 1.82) is 0 Å². The first-order valence-corrected chi connectivity index (χ1v) is 20.6. The Kier molecular flexibility index (Phi) is 8.98. The lowest BCUT2D eigenvalue weighted by molar-refractivity contribution is 0.623. The number of benzene rings is 9. The SMILES string of the molecule is C1=CCC(N(c2ccc(-c3cccc4ccccc34)cc2)c2ccccc2-c2cccc3c2ccc2nc(-c4ccc(-c5ccccc5)cc4)oc23)C(c2ccccc2)=C1. The van der Waals surface area contributed by atoms with Crippen LogP contribution < -0.4 is 4.90 Å². The van der Waals surface area contributed by atoms with Crippen molar-refractivity contribution >= 4 is 49.6 Å². The number of aromatic nitrogens is 1. The molecule has 1 heterocycles. The Bertz CT molecular complexity index is 3210. The molecule has 3 nitrogen and oxygen atoms in total. The summed E-state index contributed by atoms with van der Waals surface area (Å²) < 4.78 is 6.65. The molecular formula is C57H40N2O. The Hall–Kier alpha value is -7.75. The number of rotatable bonds is 8. The van der Waals surface area contributed by atoms with Gasteiger partial charge in [-0.3, -0.25) is 0 Å². The minimum absolute atomic E-state index is 0.0498. The van der Waals surface area contributed by atoms with Gasteiger partial charge < -0.3 is 9.32 Å². The fourth-order valence-electron chi connectivity index (χ4n) is 9.00. The third kappa shape index (κ3) is 6.38. The molecule has 1 aliphatic rings. The maximum absolute atomic E-state index is 6.65. The molecule has 3 heteroatoms. The molecule has 0 amide bonds. The summed E-state index contributed by atoms with van der Waals surface area (Å²) in [6.07, 6.45) is 7.65. The monoisotopic (exact) mass is 768 g/mol. The van der Waals surface area contributed by atoms with Gasteiger partial charge in [-0.05, 0) is 97.9 Å². The van der Waals surface area contributed by atoms with Crippen LogP contribution in [-0.2, 0) is 0 Å². The molecule has 1 unspecified atom stereocenters. The quantitative estimate of drug-likeness (QED) is 0.154. The molecule has 284 valence electrons. The van der Waals surface area contributed by atoms with Crippen LogP contribution >= 0.6 is 0 Å². The predicted octanol–water partition coefficient (Wildman–Crippen LogP) is 15.4. The Balaban J connectivity index is 1.03. The Morgan fingerprint density at radius 3 is 1.90 bits per heavy atom. The second kappa shape index (κ2) is 15.2. The first-order valence-electron chi connectivity index (χ1n) is 20.6. The summed E-state index contributed by atoms with van der Waals surface area (Å²) in [6, 6.07) is 73.8. The topological polar surface area (TPSA) is 29.3 Å². The van der Waals surface area contributed by atoms with Crippen LogP contribution in [0.4, 0.5) is 11.4 Å². The van der Waals surface area contributed by atoms with Crippen molar-refractivity contribution in [2.75, 3.05) is 4.90 Å². The van der Waals surface area contributed by atoms with Crippen LogP contribution in [-0.4, -0.2) is 11.0 Å². The average molecular weight is 769 g/mol. The van der Waals surface area contributed by atoms with Gasteiger partial charge >= 0.3 is 0 Å². The normalized spacial score (nSPS) is 13.8. The van der Waals surface area contributed by atoms with Gasteiger partial charge in [-0.1, -0.05) is 188 Å². The zero-order chi connectivity index (χ0) is 39.8. The van der Waals surface area contributed by atoms with Gasteiger partial charge in [0.25, 0.3) is 0 Å². The highest BCUT2D eigenvalue weighted by molar-refractivity contribution is 6.10. The number of allylic oxidation sites excluding steroid dienone is 2. The van der Waals surface area contributed by atoms with Gasteiger partial charge in [-0.15, -0.1) is 0 Å². The van der Waals surface area contributed by atoms with E-state index in [9.17, 15) is 0 Å². The lowest BCUT2D eigenvalue weighted by Gasteiger charge is -2.38. The van der Waals surface area contributed by atoms with Gasteiger partial charge in [0, 0.05) is 27.9 Å². The van der Waals surface area contributed by atoms with Gasteiger partial charge in [0.05, 0.1) is 6.04 Å². The molecule has 10 aromatic rings. The van der Waals surface area contributed by atoms with E-state index in [2.05, 4.69) is 223 Å². The largest absolute Gasteiger partial charge is 0.435 e. The molecule has 11 rings (SSSR count). The van der Waals surface area contributed by atoms with Crippen molar-refractivity contribution in [3.8, 4) is 44.8 Å². The van der Waals surface area contributed by atoms with Crippen molar-refractivity contribution < 1.29 is 4.42 Å². The van der Waals surface area contributed by atoms with E-state index in [1.165, 1.54) is 38.6 Å². The van der Waals surface area contributed by atoms with E-state index in [0.29, 0.717) is 5.89 Å². The van der Waals surface area contributed by atoms with E-state index < -0.39 is 0 Å². The van der Waals surface area contributed by atoms with Gasteiger partial charge in [0.1, 0.15) is 5.52 Å². The minimum Gasteiger partial charge on any atom is -0.435 e. The molecule has 0 spiro atoms. The summed E-state index contributed by atoms with van der Waals surface area (Å²) in [5, 5.41) is 4.66. The van der Waals surface area contributed by atoms with Crippen molar-refractivity contribution in [3.63, 3.8) is 0 Å². The molecule has 0 saturated carbocycles. The molecular weight excluding hydrogens is 729 g/mol. The number of anilines is 2. The first kappa shape index (κ1) is 35.4. The molecule has 0 saturated heterocycles. The zero-order valence-electron chi connectivity index (χ0n) is 32.9. The fraction of sp³-hybridized carbons (Fsp3) is 0.0351. The van der Waals surface area contributed by atoms with Crippen LogP contribution in [0.1, 0.15) is 12.0 Å². The number of para-hydroxylation sites is 1. The predicted molar refractivity (Wildman–Crippen MR) is 251 cm³/mol. The van der Waals surface area contributed by atoms with E-state index in [1.54, 1.807) is 0 Å². The third-order valence-electron chi connectivity index (χ3n) is 11.9. The zero-order valence-corrected chi connectivity index (χ0v) is 32.9. The highest BCUT2D eigenvalue weighted by atomic mass is 16.3. The summed E-state index contributed by atoms with van der Waals surface area (Å²) >= 11 is 0. The maximum atomic E-state index is 6.65. The summed E-state index contributed by atoms with van der Waals surface area (Å²) in [6.45, 7) is 0. The van der Waals surface area contributed by atoms with Crippen LogP contribution in [0, 0.1) is 0 Å². The standard InChI is InChI=1S/C57H40N2O/c1-3-15-39(16-4-1)40-29-31-44(32-30-40)57-58-53-38-37-50-49(25-14-26-52(50)56(53)60-57)51-23-10-12-28-55(51)59(54-27-11-9-22-48(54)42-17-5-2-6-18-42)45-35-33-43(34-36-45)47-24-13-20-41-19-7-8-21-46(41)47/h1-26,28-38,54H,27H2. The van der Waals surface area contributed by atoms with Crippen molar-refractivity contribution in [3.05, 3.63) is 230 Å². The highest BCUT2D eigenvalue weighted by Gasteiger charge is 2.28. The smallest absolute Gasteiger partial charge is 0.227 e. The second-order valence-electron chi connectivity index (χ2n) is 15.4. The second-order valence-corrected chi connectivity index (χ2v) is 15.4. The van der Waals surface area contributed by atoms with Crippen molar-refractivity contribution in [2.24, 2.45) is 0 Å². The van der Waals surface area contributed by atoms with Crippen LogP contribution in [0.2, 0.25) is 0 Å². The van der Waals surface area contributed by atoms with Gasteiger partial charge in [0.2, 0.25) is 5.89 Å². The molecule has 1 atom stereocenters. The van der Waals surface area contributed by atoms with Gasteiger partial charge in [-0.25, -0.2) is 4.98 Å². The summed E-state index contributed by atoms with van der Waals surface area (Å²) in [5.74, 6) is 0.617. The molecule has 9 aromatic carbocycles. The van der Waals surface area contributed by atoms with E-state index in [0.717, 1.165) is 61.9 Å². The first-order chi connectivity index (χ1) is 29.8. The number of hydrogen-bond acceptors (Lipinski definition) is 3. The van der Waals surface area contributed by atoms with Crippen LogP contribution in [0.5, 0.6) is 0 Å². The van der Waals surface area contributed by atoms with Gasteiger partial charge in [0.15, 0.2) is 5.58 Å². The maximum Gasteiger partial charge on any atom is 0.227 e. The lowest BCUT2D eigenvalue weighted by Crippen LogP contribution is -2.33. The third-order valence-corrected chi connectivity index (χ3v) is 11.9. The summed E-state index contributed by atoms with van der Waals surface area (Å²) in [7, 11) is 0. The number of nitrogens with zero attached hydrogens (tertiary/aromatic N) is 2. The Labute approximate surface area is 349 Å². The number of oxazole rings is 1. The Morgan fingerprint density at radius 2 is 1.07 bits per heavy atom. The highest BCUT2D eigenvalue weighted by Crippen LogP contribution is 2.45. The summed E-state index contributed by atoms with van der Waals surface area (Å²) in [5.41, 5.74) is 14.4. The van der Waals surface area contributed by atoms with E-state index in [4.69, 9.17) is 9.40 Å². The number of hydrogen-bond donors (Lipinski definition) is 0. The molecule has 1 aliphatic carbocycles. The van der Waals surface area contributed by atoms with Crippen molar-refractivity contribution in [2.45, 2.75) is 12.5 Å². The fourth-order valence-corrected chi connectivity index (χ4v) is 9.00. The van der Waals surface area contributed by atoms with Crippen LogP contribution in [0.15, 0.2) is 229 Å². The molecule has 60 heavy (non-hydrogen) atoms. The van der Waals surface area contributed by atoms with Crippen LogP contribution in [0.25, 0.3) is 83.1 Å². The van der Waals surface area contributed by atoms with Crippen molar-refractivity contribution in [1.82, 2.24) is 4.98 Å². The Morgan fingerprint density at radius 1 is 0.450 bits per heavy atom. The van der Waals surface area contributed by atoms with E-state index in [-0.39, 0.29) is 6.04 Å². The summed E-state index contributed by atoms with van der Waals surface area (Å²) in [4.78, 5) is 7.53. The van der Waals surface area contributed by atoms with E-state index in [1.807, 2.05) is 6.07 Å². The minimum atomic E-state index is 0.0498. The van der Waals surface area contributed by atoms with E-state index >= 15 is 0 Å². The molecule has 0 aliphatic heterocycles. The van der Waals surface area contributed by atoms with Gasteiger partial charge in [-0.2, -0.15) is 0 Å².